The van der Waals surface area contributed by atoms with Gasteiger partial charge in [-0.15, -0.1) is 0 Å². The van der Waals surface area contributed by atoms with Gasteiger partial charge < -0.3 is 14.6 Å². The van der Waals surface area contributed by atoms with Gasteiger partial charge in [-0.05, 0) is 192 Å². The maximum Gasteiger partial charge on any atom is 0.333 e. The first-order chi connectivity index (χ1) is 39.0. The Balaban J connectivity index is 1.13. The molecule has 2 atom stereocenters. The predicted octanol–water partition coefficient (Wildman–Crippen LogP) is 20.4. The molecule has 1 fully saturated rings. The molecule has 3 aliphatic carbocycles. The van der Waals surface area contributed by atoms with Crippen LogP contribution in [-0.2, 0) is 37.9 Å². The van der Waals surface area contributed by atoms with Gasteiger partial charge in [0.15, 0.2) is 0 Å². The third-order valence-electron chi connectivity index (χ3n) is 22.1. The molecule has 0 N–H and O–H groups in total. The Bertz CT molecular complexity index is 3970. The van der Waals surface area contributed by atoms with E-state index in [1.807, 2.05) is 0 Å². The Labute approximate surface area is 498 Å². The van der Waals surface area contributed by atoms with Gasteiger partial charge in [0, 0.05) is 61.8 Å². The minimum atomic E-state index is -0.223. The van der Waals surface area contributed by atoms with Gasteiger partial charge in [-0.2, -0.15) is 0 Å². The normalized spacial score (nSPS) is 21.1. The molecule has 6 aliphatic rings. The molecule has 0 bridgehead atoms. The van der Waals surface area contributed by atoms with Crippen LogP contribution in [0.2, 0.25) is 0 Å². The molecule has 0 radical (unpaired) electrons. The zero-order chi connectivity index (χ0) is 58.5. The van der Waals surface area contributed by atoms with E-state index in [4.69, 9.17) is 0 Å². The lowest BCUT2D eigenvalue weighted by Crippen LogP contribution is -2.64. The predicted molar refractivity (Wildman–Crippen MR) is 357 cm³/mol. The SMILES string of the molecule is CC(C)(C)c1ccc(N2B3c4cc(C(C)(C)C)cc5c4N(c4cc(N(c6ccc(-c7ccccc7)cc6)c6ccc(C(C)(C)C)cc6)cc(c43)-c3ccc4c(c32)-c2cc3c(cc2C4(C)C)C(C)(C)CCC3(C)C)C2(C)CCCCC52C)cc1. The number of fused-ring (bicyclic) bond motifs is 12. The summed E-state index contributed by atoms with van der Waals surface area (Å²) in [5, 5.41) is 0. The average molecular weight is 1090 g/mol. The summed E-state index contributed by atoms with van der Waals surface area (Å²) in [6.45, 7) is 41.6. The van der Waals surface area contributed by atoms with E-state index >= 15 is 0 Å². The molecule has 422 valence electrons. The summed E-state index contributed by atoms with van der Waals surface area (Å²) in [4.78, 5) is 8.39. The van der Waals surface area contributed by atoms with E-state index < -0.39 is 0 Å². The van der Waals surface area contributed by atoms with Crippen LogP contribution in [0, 0.1) is 0 Å². The third kappa shape index (κ3) is 7.81. The Hall–Kier alpha value is -6.78. The van der Waals surface area contributed by atoms with E-state index in [1.165, 1.54) is 144 Å². The molecule has 1 saturated carbocycles. The number of hydrogen-bond donors (Lipinski definition) is 0. The van der Waals surface area contributed by atoms with Crippen molar-refractivity contribution in [3.05, 3.63) is 196 Å². The second-order valence-electron chi connectivity index (χ2n) is 31.6. The summed E-state index contributed by atoms with van der Waals surface area (Å²) < 4.78 is 0. The quantitative estimate of drug-likeness (QED) is 0.159. The minimum Gasteiger partial charge on any atom is -0.376 e. The summed E-state index contributed by atoms with van der Waals surface area (Å²) >= 11 is 0. The van der Waals surface area contributed by atoms with Gasteiger partial charge in [-0.25, -0.2) is 0 Å². The molecule has 3 aliphatic heterocycles. The first-order valence-corrected chi connectivity index (χ1v) is 31.5. The van der Waals surface area contributed by atoms with Crippen molar-refractivity contribution in [3.63, 3.8) is 0 Å². The van der Waals surface area contributed by atoms with E-state index in [0.29, 0.717) is 0 Å². The molecule has 4 heteroatoms. The molecule has 0 amide bonds. The van der Waals surface area contributed by atoms with Crippen molar-refractivity contribution < 1.29 is 0 Å². The molecule has 8 aromatic rings. The molecule has 0 saturated heterocycles. The Morgan fingerprint density at radius 1 is 0.434 bits per heavy atom. The van der Waals surface area contributed by atoms with E-state index in [0.717, 1.165) is 17.8 Å². The monoisotopic (exact) mass is 1090 g/mol. The first-order valence-electron chi connectivity index (χ1n) is 31.5. The van der Waals surface area contributed by atoms with Crippen LogP contribution in [0.25, 0.3) is 33.4 Å². The van der Waals surface area contributed by atoms with Gasteiger partial charge in [0.05, 0.1) is 5.54 Å². The Kier molecular flexibility index (Phi) is 11.5. The van der Waals surface area contributed by atoms with Gasteiger partial charge in [-0.3, -0.25) is 0 Å². The summed E-state index contributed by atoms with van der Waals surface area (Å²) in [5.74, 6) is 0. The number of rotatable bonds is 5. The lowest BCUT2D eigenvalue weighted by Gasteiger charge is -2.53. The first kappa shape index (κ1) is 54.2. The minimum absolute atomic E-state index is 0.00752. The summed E-state index contributed by atoms with van der Waals surface area (Å²) in [7, 11) is 0. The molecule has 14 rings (SSSR count). The van der Waals surface area contributed by atoms with Crippen LogP contribution >= 0.6 is 0 Å². The van der Waals surface area contributed by atoms with Crippen molar-refractivity contribution in [3.8, 4) is 33.4 Å². The standard InChI is InChI=1S/C79H88BN3/c1-72(2,3)51-27-33-55(34-28-51)81(54-31-25-50(26-32-54)49-23-19-18-20-24-49)57-45-59-58-37-38-61-68(60-47-63-64(48-62(60)77(61,14)15)76(12,13)42-41-75(63,10)11)70(58)83(56-35-29-52(30-36-56)73(4,5)6)80-66-44-53(74(7,8)9)43-65-71(66)82(67(46-57)69(59)80)79(17)40-22-21-39-78(65,79)16/h18-20,23-38,43-48H,21-22,39-42H2,1-17H3. The van der Waals surface area contributed by atoms with Crippen LogP contribution < -0.4 is 25.5 Å². The van der Waals surface area contributed by atoms with Gasteiger partial charge in [0.25, 0.3) is 0 Å². The molecule has 3 heterocycles. The second kappa shape index (κ2) is 17.7. The molecular weight excluding hydrogens is 1000 g/mol. The molecule has 83 heavy (non-hydrogen) atoms. The number of nitrogens with zero attached hydrogens (tertiary/aromatic N) is 3. The highest BCUT2D eigenvalue weighted by Gasteiger charge is 2.62. The lowest BCUT2D eigenvalue weighted by atomic mass is 9.43. The fraction of sp³-hybridized carbons (Fsp3) is 0.392. The fourth-order valence-corrected chi connectivity index (χ4v) is 16.6. The third-order valence-corrected chi connectivity index (χ3v) is 22.1. The van der Waals surface area contributed by atoms with E-state index in [1.54, 1.807) is 5.56 Å². The van der Waals surface area contributed by atoms with Crippen LogP contribution in [-0.4, -0.2) is 12.4 Å². The van der Waals surface area contributed by atoms with Crippen LogP contribution in [0.4, 0.5) is 39.8 Å². The molecule has 3 nitrogen and oxygen atoms in total. The zero-order valence-corrected chi connectivity index (χ0v) is 53.1. The fourth-order valence-electron chi connectivity index (χ4n) is 16.6. The number of hydrogen-bond acceptors (Lipinski definition) is 3. The van der Waals surface area contributed by atoms with Crippen molar-refractivity contribution >= 4 is 57.6 Å². The van der Waals surface area contributed by atoms with E-state index in [2.05, 4.69) is 284 Å². The van der Waals surface area contributed by atoms with Crippen LogP contribution in [0.1, 0.15) is 201 Å². The maximum absolute atomic E-state index is 2.94. The lowest BCUT2D eigenvalue weighted by molar-refractivity contribution is 0.195. The zero-order valence-electron chi connectivity index (χ0n) is 53.1. The van der Waals surface area contributed by atoms with E-state index in [9.17, 15) is 0 Å². The van der Waals surface area contributed by atoms with Crippen LogP contribution in [0.3, 0.4) is 0 Å². The van der Waals surface area contributed by atoms with Gasteiger partial charge in [0.1, 0.15) is 0 Å². The second-order valence-corrected chi connectivity index (χ2v) is 31.6. The smallest absolute Gasteiger partial charge is 0.333 e. The largest absolute Gasteiger partial charge is 0.376 e. The molecule has 0 spiro atoms. The molecule has 2 unspecified atom stereocenters. The van der Waals surface area contributed by atoms with Crippen molar-refractivity contribution in [1.29, 1.82) is 0 Å². The Morgan fingerprint density at radius 3 is 1.61 bits per heavy atom. The van der Waals surface area contributed by atoms with Crippen LogP contribution in [0.15, 0.2) is 152 Å². The van der Waals surface area contributed by atoms with E-state index in [-0.39, 0.29) is 50.3 Å². The summed E-state index contributed by atoms with van der Waals surface area (Å²) in [6.07, 6.45) is 7.13. The Morgan fingerprint density at radius 2 is 1.00 bits per heavy atom. The number of benzene rings is 8. The summed E-state index contributed by atoms with van der Waals surface area (Å²) in [5.41, 5.74) is 31.0. The van der Waals surface area contributed by atoms with Crippen molar-refractivity contribution in [1.82, 2.24) is 0 Å². The highest BCUT2D eigenvalue weighted by molar-refractivity contribution is 6.94. The topological polar surface area (TPSA) is 9.72 Å². The molecule has 0 aromatic heterocycles. The average Bonchev–Trinajstić information content (AvgIpc) is 1.65. The maximum atomic E-state index is 2.94. The highest BCUT2D eigenvalue weighted by Crippen LogP contribution is 2.65. The van der Waals surface area contributed by atoms with Gasteiger partial charge in [-0.1, -0.05) is 221 Å². The molecule has 8 aromatic carbocycles. The van der Waals surface area contributed by atoms with Gasteiger partial charge in [0.2, 0.25) is 0 Å². The highest BCUT2D eigenvalue weighted by atomic mass is 15.3. The van der Waals surface area contributed by atoms with Crippen LogP contribution in [0.5, 0.6) is 0 Å². The van der Waals surface area contributed by atoms with Gasteiger partial charge >= 0.3 is 6.85 Å². The number of anilines is 7. The summed E-state index contributed by atoms with van der Waals surface area (Å²) in [6, 6.07) is 60.6. The van der Waals surface area contributed by atoms with Crippen molar-refractivity contribution in [2.45, 2.75) is 200 Å². The van der Waals surface area contributed by atoms with Crippen molar-refractivity contribution in [2.75, 3.05) is 14.6 Å². The molecular formula is C79H88BN3. The van der Waals surface area contributed by atoms with Crippen molar-refractivity contribution in [2.24, 2.45) is 0 Å².